The molecule has 1 aliphatic rings. The molecule has 1 fully saturated rings. The Morgan fingerprint density at radius 2 is 1.81 bits per heavy atom. The van der Waals surface area contributed by atoms with Gasteiger partial charge in [-0.05, 0) is 24.3 Å². The molecule has 0 atom stereocenters. The highest BCUT2D eigenvalue weighted by molar-refractivity contribution is 5.90. The smallest absolute Gasteiger partial charge is 0.327 e. The molecule has 0 bridgehead atoms. The van der Waals surface area contributed by atoms with Gasteiger partial charge in [0.05, 0.1) is 26.0 Å². The Labute approximate surface area is 147 Å². The number of ether oxygens (including phenoxy) is 2. The highest BCUT2D eigenvalue weighted by Crippen LogP contribution is 2.26. The Kier molecular flexibility index (Phi) is 4.13. The van der Waals surface area contributed by atoms with Crippen molar-refractivity contribution in [1.29, 1.82) is 0 Å². The summed E-state index contributed by atoms with van der Waals surface area (Å²) in [6, 6.07) is 7.21. The summed E-state index contributed by atoms with van der Waals surface area (Å²) >= 11 is 0. The predicted octanol–water partition coefficient (Wildman–Crippen LogP) is 0.519. The van der Waals surface area contributed by atoms with Crippen molar-refractivity contribution in [3.8, 4) is 17.0 Å². The van der Waals surface area contributed by atoms with Gasteiger partial charge in [-0.3, -0.25) is 14.8 Å². The number of fused-ring (bicyclic) bond motifs is 1. The Balaban J connectivity index is 1.95. The zero-order valence-corrected chi connectivity index (χ0v) is 14.1. The van der Waals surface area contributed by atoms with Crippen molar-refractivity contribution in [3.05, 3.63) is 45.1 Å². The van der Waals surface area contributed by atoms with Crippen molar-refractivity contribution in [2.24, 2.45) is 0 Å². The number of anilines is 1. The van der Waals surface area contributed by atoms with Gasteiger partial charge in [0.1, 0.15) is 11.1 Å². The van der Waals surface area contributed by atoms with Gasteiger partial charge in [0, 0.05) is 18.7 Å². The van der Waals surface area contributed by atoms with Crippen LogP contribution in [0.1, 0.15) is 0 Å². The number of nitrogens with one attached hydrogen (secondary N) is 2. The van der Waals surface area contributed by atoms with E-state index in [1.165, 1.54) is 0 Å². The number of aromatic amines is 2. The van der Waals surface area contributed by atoms with Crippen LogP contribution in [0.25, 0.3) is 22.3 Å². The maximum absolute atomic E-state index is 12.4. The van der Waals surface area contributed by atoms with Crippen molar-refractivity contribution in [2.45, 2.75) is 0 Å². The first kappa shape index (κ1) is 16.3. The molecular weight excluding hydrogens is 338 g/mol. The minimum atomic E-state index is -0.602. The molecule has 3 aromatic rings. The van der Waals surface area contributed by atoms with E-state index in [0.29, 0.717) is 43.7 Å². The van der Waals surface area contributed by atoms with E-state index in [0.717, 1.165) is 5.56 Å². The number of methoxy groups -OCH3 is 1. The fourth-order valence-corrected chi connectivity index (χ4v) is 2.92. The van der Waals surface area contributed by atoms with Crippen LogP contribution in [0.15, 0.2) is 33.9 Å². The maximum Gasteiger partial charge on any atom is 0.327 e. The average Bonchev–Trinajstić information content (AvgIpc) is 2.67. The fraction of sp³-hybridized carbons (Fsp3) is 0.294. The lowest BCUT2D eigenvalue weighted by Gasteiger charge is -2.27. The zero-order valence-electron chi connectivity index (χ0n) is 14.1. The van der Waals surface area contributed by atoms with Crippen molar-refractivity contribution in [1.82, 2.24) is 19.9 Å². The van der Waals surface area contributed by atoms with Crippen LogP contribution < -0.4 is 20.9 Å². The Morgan fingerprint density at radius 3 is 2.50 bits per heavy atom. The number of rotatable bonds is 3. The summed E-state index contributed by atoms with van der Waals surface area (Å²) in [5.74, 6) is 1.15. The largest absolute Gasteiger partial charge is 0.497 e. The van der Waals surface area contributed by atoms with Crippen LogP contribution in [-0.4, -0.2) is 53.3 Å². The summed E-state index contributed by atoms with van der Waals surface area (Å²) in [4.78, 5) is 39.9. The van der Waals surface area contributed by atoms with Gasteiger partial charge in [-0.15, -0.1) is 0 Å². The minimum Gasteiger partial charge on any atom is -0.497 e. The quantitative estimate of drug-likeness (QED) is 0.704. The molecule has 0 aliphatic carbocycles. The highest BCUT2D eigenvalue weighted by atomic mass is 16.5. The molecule has 0 saturated carbocycles. The van der Waals surface area contributed by atoms with Crippen molar-refractivity contribution >= 4 is 17.0 Å². The molecular formula is C17H17N5O4. The first-order chi connectivity index (χ1) is 12.7. The molecule has 26 heavy (non-hydrogen) atoms. The number of hydrogen-bond donors (Lipinski definition) is 2. The van der Waals surface area contributed by atoms with Crippen LogP contribution in [0.3, 0.4) is 0 Å². The molecule has 4 rings (SSSR count). The molecule has 0 amide bonds. The Bertz CT molecular complexity index is 1050. The van der Waals surface area contributed by atoms with E-state index in [1.54, 1.807) is 19.2 Å². The second-order valence-electron chi connectivity index (χ2n) is 5.83. The lowest BCUT2D eigenvalue weighted by Crippen LogP contribution is -2.37. The summed E-state index contributed by atoms with van der Waals surface area (Å²) in [7, 11) is 1.58. The SMILES string of the molecule is COc1ccc(-c2nc(N3CCOCC3)nc3[nH]c(=O)[nH]c(=O)c23)cc1. The first-order valence-corrected chi connectivity index (χ1v) is 8.17. The first-order valence-electron chi connectivity index (χ1n) is 8.17. The van der Waals surface area contributed by atoms with Crippen LogP contribution in [0.5, 0.6) is 5.75 Å². The molecule has 9 nitrogen and oxygen atoms in total. The average molecular weight is 355 g/mol. The van der Waals surface area contributed by atoms with Gasteiger partial charge < -0.3 is 14.4 Å². The molecule has 1 aromatic carbocycles. The van der Waals surface area contributed by atoms with E-state index in [1.807, 2.05) is 17.0 Å². The molecule has 0 unspecified atom stereocenters. The second kappa shape index (κ2) is 6.60. The monoisotopic (exact) mass is 355 g/mol. The van der Waals surface area contributed by atoms with E-state index in [2.05, 4.69) is 19.9 Å². The second-order valence-corrected chi connectivity index (χ2v) is 5.83. The zero-order chi connectivity index (χ0) is 18.1. The van der Waals surface area contributed by atoms with Crippen LogP contribution in [-0.2, 0) is 4.74 Å². The van der Waals surface area contributed by atoms with E-state index >= 15 is 0 Å². The van der Waals surface area contributed by atoms with Gasteiger partial charge in [0.15, 0.2) is 5.65 Å². The predicted molar refractivity (Wildman–Crippen MR) is 95.8 cm³/mol. The lowest BCUT2D eigenvalue weighted by atomic mass is 10.1. The number of hydrogen-bond acceptors (Lipinski definition) is 7. The molecule has 1 aliphatic heterocycles. The number of morpholine rings is 1. The third-order valence-corrected chi connectivity index (χ3v) is 4.24. The number of nitrogens with zero attached hydrogens (tertiary/aromatic N) is 3. The van der Waals surface area contributed by atoms with E-state index < -0.39 is 11.2 Å². The van der Waals surface area contributed by atoms with E-state index in [9.17, 15) is 9.59 Å². The third kappa shape index (κ3) is 2.93. The van der Waals surface area contributed by atoms with Gasteiger partial charge in [0.25, 0.3) is 5.56 Å². The number of H-pyrrole nitrogens is 2. The lowest BCUT2D eigenvalue weighted by molar-refractivity contribution is 0.122. The fourth-order valence-electron chi connectivity index (χ4n) is 2.92. The summed E-state index contributed by atoms with van der Waals surface area (Å²) in [5.41, 5.74) is 0.265. The molecule has 1 saturated heterocycles. The van der Waals surface area contributed by atoms with Crippen molar-refractivity contribution in [3.63, 3.8) is 0 Å². The molecule has 134 valence electrons. The maximum atomic E-state index is 12.4. The Hall–Kier alpha value is -3.20. The topological polar surface area (TPSA) is 113 Å². The van der Waals surface area contributed by atoms with Crippen LogP contribution >= 0.6 is 0 Å². The number of benzene rings is 1. The Morgan fingerprint density at radius 1 is 1.08 bits per heavy atom. The van der Waals surface area contributed by atoms with Crippen molar-refractivity contribution < 1.29 is 9.47 Å². The van der Waals surface area contributed by atoms with Crippen LogP contribution in [0.2, 0.25) is 0 Å². The van der Waals surface area contributed by atoms with Crippen LogP contribution in [0.4, 0.5) is 5.95 Å². The molecule has 2 N–H and O–H groups in total. The van der Waals surface area contributed by atoms with Crippen LogP contribution in [0, 0.1) is 0 Å². The minimum absolute atomic E-state index is 0.209. The van der Waals surface area contributed by atoms with Gasteiger partial charge in [-0.1, -0.05) is 0 Å². The third-order valence-electron chi connectivity index (χ3n) is 4.24. The molecule has 0 radical (unpaired) electrons. The van der Waals surface area contributed by atoms with E-state index in [4.69, 9.17) is 9.47 Å². The van der Waals surface area contributed by atoms with E-state index in [-0.39, 0.29) is 11.0 Å². The van der Waals surface area contributed by atoms with Gasteiger partial charge in [-0.25, -0.2) is 9.78 Å². The summed E-state index contributed by atoms with van der Waals surface area (Å²) < 4.78 is 10.5. The van der Waals surface area contributed by atoms with Gasteiger partial charge in [-0.2, -0.15) is 4.98 Å². The summed E-state index contributed by atoms with van der Waals surface area (Å²) in [6.45, 7) is 2.43. The summed E-state index contributed by atoms with van der Waals surface area (Å²) in [6.07, 6.45) is 0. The number of aromatic nitrogens is 4. The molecule has 3 heterocycles. The van der Waals surface area contributed by atoms with Gasteiger partial charge >= 0.3 is 5.69 Å². The van der Waals surface area contributed by atoms with Gasteiger partial charge in [0.2, 0.25) is 5.95 Å². The standard InChI is InChI=1S/C17H17N5O4/c1-25-11-4-2-10(3-5-11)13-12-14(20-17(24)21-15(12)23)19-16(18-13)22-6-8-26-9-7-22/h2-5H,6-9H2,1H3,(H2,18,19,20,21,23,24). The normalized spacial score (nSPS) is 14.6. The molecule has 0 spiro atoms. The molecule has 2 aromatic heterocycles. The molecule has 9 heteroatoms. The van der Waals surface area contributed by atoms with Crippen molar-refractivity contribution in [2.75, 3.05) is 38.3 Å². The summed E-state index contributed by atoms with van der Waals surface area (Å²) in [5, 5.41) is 0.242. The highest BCUT2D eigenvalue weighted by Gasteiger charge is 2.19.